The Labute approximate surface area is 90.6 Å². The monoisotopic (exact) mass is 222 g/mol. The largest absolute Gasteiger partial charge is 0.338 e. The number of hydrogen-bond donors (Lipinski definition) is 3. The molecule has 0 amide bonds. The molecule has 6 heteroatoms. The zero-order valence-electron chi connectivity index (χ0n) is 8.07. The van der Waals surface area contributed by atoms with E-state index in [-0.39, 0.29) is 11.5 Å². The van der Waals surface area contributed by atoms with Gasteiger partial charge in [-0.05, 0) is 17.8 Å². The van der Waals surface area contributed by atoms with Crippen molar-refractivity contribution in [1.82, 2.24) is 20.2 Å². The number of H-pyrrole nitrogens is 3. The summed E-state index contributed by atoms with van der Waals surface area (Å²) in [6, 6.07) is 0. The van der Waals surface area contributed by atoms with E-state index in [1.807, 2.05) is 6.92 Å². The van der Waals surface area contributed by atoms with Gasteiger partial charge in [0.25, 0.3) is 5.56 Å². The van der Waals surface area contributed by atoms with Gasteiger partial charge < -0.3 is 4.98 Å². The van der Waals surface area contributed by atoms with Gasteiger partial charge in [0, 0.05) is 23.9 Å². The zero-order chi connectivity index (χ0) is 10.8. The molecule has 2 rings (SSSR count). The van der Waals surface area contributed by atoms with Gasteiger partial charge >= 0.3 is 0 Å². The zero-order valence-corrected chi connectivity index (χ0v) is 8.89. The average molecular weight is 222 g/mol. The lowest BCUT2D eigenvalue weighted by molar-refractivity contribution is 0.871. The molecule has 0 aliphatic heterocycles. The topological polar surface area (TPSA) is 77.3 Å². The van der Waals surface area contributed by atoms with E-state index in [9.17, 15) is 4.79 Å². The van der Waals surface area contributed by atoms with Crippen LogP contribution in [-0.4, -0.2) is 20.2 Å². The molecule has 3 N–H and O–H groups in total. The van der Waals surface area contributed by atoms with Crippen LogP contribution >= 0.6 is 12.2 Å². The van der Waals surface area contributed by atoms with Crippen molar-refractivity contribution in [3.05, 3.63) is 44.8 Å². The number of nitrogens with one attached hydrogen (secondary N) is 3. The number of hydrogen-bond acceptors (Lipinski definition) is 3. The van der Waals surface area contributed by atoms with Crippen LogP contribution in [0.4, 0.5) is 0 Å². The number of rotatable bonds is 2. The standard InChI is InChI=1S/C9H10N4OS/c1-5(6-2-11-12-3-6)7-4-10-9(15)13-8(7)14/h2-5H,1H3,(H,11,12)(H2,10,13,14,15). The highest BCUT2D eigenvalue weighted by Gasteiger charge is 2.12. The van der Waals surface area contributed by atoms with Crippen LogP contribution in [-0.2, 0) is 0 Å². The Hall–Kier alpha value is -1.69. The molecule has 2 aromatic heterocycles. The van der Waals surface area contributed by atoms with Gasteiger partial charge in [-0.25, -0.2) is 0 Å². The molecule has 2 heterocycles. The number of aromatic nitrogens is 4. The van der Waals surface area contributed by atoms with Crippen LogP contribution in [0.15, 0.2) is 23.4 Å². The van der Waals surface area contributed by atoms with E-state index in [1.54, 1.807) is 18.6 Å². The molecule has 0 spiro atoms. The third kappa shape index (κ3) is 1.89. The van der Waals surface area contributed by atoms with E-state index < -0.39 is 0 Å². The van der Waals surface area contributed by atoms with E-state index in [2.05, 4.69) is 20.2 Å². The molecule has 0 aromatic carbocycles. The maximum Gasteiger partial charge on any atom is 0.255 e. The van der Waals surface area contributed by atoms with E-state index in [0.29, 0.717) is 10.3 Å². The SMILES string of the molecule is CC(c1cn[nH]c1)c1c[nH]c(=S)[nH]c1=O. The Balaban J connectivity index is 2.47. The molecule has 0 fully saturated rings. The molecule has 78 valence electrons. The molecule has 0 saturated heterocycles. The van der Waals surface area contributed by atoms with Crippen molar-refractivity contribution in [2.75, 3.05) is 0 Å². The maximum absolute atomic E-state index is 11.6. The van der Waals surface area contributed by atoms with Crippen LogP contribution in [0.25, 0.3) is 0 Å². The van der Waals surface area contributed by atoms with Gasteiger partial charge in [0.05, 0.1) is 6.20 Å². The van der Waals surface area contributed by atoms with Gasteiger partial charge in [-0.15, -0.1) is 0 Å². The van der Waals surface area contributed by atoms with E-state index in [0.717, 1.165) is 5.56 Å². The second-order valence-electron chi connectivity index (χ2n) is 3.28. The first-order chi connectivity index (χ1) is 7.18. The molecule has 0 radical (unpaired) electrons. The summed E-state index contributed by atoms with van der Waals surface area (Å²) in [5.41, 5.74) is 1.45. The maximum atomic E-state index is 11.6. The van der Waals surface area contributed by atoms with Crippen molar-refractivity contribution in [3.8, 4) is 0 Å². The van der Waals surface area contributed by atoms with Crippen LogP contribution in [0.2, 0.25) is 0 Å². The molecule has 1 unspecified atom stereocenters. The van der Waals surface area contributed by atoms with Gasteiger partial charge in [-0.2, -0.15) is 5.10 Å². The lowest BCUT2D eigenvalue weighted by Gasteiger charge is -2.07. The van der Waals surface area contributed by atoms with Crippen molar-refractivity contribution in [2.24, 2.45) is 0 Å². The molecule has 0 aliphatic carbocycles. The molecule has 5 nitrogen and oxygen atoms in total. The van der Waals surface area contributed by atoms with Gasteiger partial charge in [-0.3, -0.25) is 14.9 Å². The summed E-state index contributed by atoms with van der Waals surface area (Å²) < 4.78 is 0.336. The summed E-state index contributed by atoms with van der Waals surface area (Å²) in [5, 5.41) is 6.57. The van der Waals surface area contributed by atoms with Crippen LogP contribution in [0.3, 0.4) is 0 Å². The van der Waals surface area contributed by atoms with Gasteiger partial charge in [-0.1, -0.05) is 6.92 Å². The summed E-state index contributed by atoms with van der Waals surface area (Å²) >= 11 is 4.82. The first kappa shape index (κ1) is 9.85. The summed E-state index contributed by atoms with van der Waals surface area (Å²) in [4.78, 5) is 17.0. The molecule has 1 atom stereocenters. The summed E-state index contributed by atoms with van der Waals surface area (Å²) in [6.45, 7) is 1.94. The molecule has 0 aliphatic rings. The Kier molecular flexibility index (Phi) is 2.51. The molecular formula is C9H10N4OS. The van der Waals surface area contributed by atoms with Crippen molar-refractivity contribution in [3.63, 3.8) is 0 Å². The highest BCUT2D eigenvalue weighted by atomic mass is 32.1. The first-order valence-corrected chi connectivity index (χ1v) is 4.90. The molecule has 0 bridgehead atoms. The van der Waals surface area contributed by atoms with E-state index in [4.69, 9.17) is 12.2 Å². The lowest BCUT2D eigenvalue weighted by atomic mass is 9.98. The molecular weight excluding hydrogens is 212 g/mol. The fraction of sp³-hybridized carbons (Fsp3) is 0.222. The summed E-state index contributed by atoms with van der Waals surface area (Å²) in [6.07, 6.45) is 5.11. The fourth-order valence-corrected chi connectivity index (χ4v) is 1.57. The van der Waals surface area contributed by atoms with Crippen molar-refractivity contribution >= 4 is 12.2 Å². The van der Waals surface area contributed by atoms with Crippen LogP contribution in [0.5, 0.6) is 0 Å². The summed E-state index contributed by atoms with van der Waals surface area (Å²) in [7, 11) is 0. The Bertz CT molecular complexity index is 554. The van der Waals surface area contributed by atoms with Crippen molar-refractivity contribution < 1.29 is 0 Å². The minimum atomic E-state index is -0.160. The highest BCUT2D eigenvalue weighted by Crippen LogP contribution is 2.18. The van der Waals surface area contributed by atoms with E-state index >= 15 is 0 Å². The second-order valence-corrected chi connectivity index (χ2v) is 3.69. The lowest BCUT2D eigenvalue weighted by Crippen LogP contribution is -2.16. The fourth-order valence-electron chi connectivity index (χ4n) is 1.42. The third-order valence-electron chi connectivity index (χ3n) is 2.33. The Morgan fingerprint density at radius 3 is 2.87 bits per heavy atom. The quantitative estimate of drug-likeness (QED) is 0.670. The van der Waals surface area contributed by atoms with Crippen LogP contribution in [0.1, 0.15) is 24.0 Å². The smallest absolute Gasteiger partial charge is 0.255 e. The highest BCUT2D eigenvalue weighted by molar-refractivity contribution is 7.71. The first-order valence-electron chi connectivity index (χ1n) is 4.49. The van der Waals surface area contributed by atoms with Gasteiger partial charge in [0.2, 0.25) is 0 Å². The average Bonchev–Trinajstić information content (AvgIpc) is 2.69. The predicted octanol–water partition coefficient (Wildman–Crippen LogP) is 1.31. The minimum absolute atomic E-state index is 0.0145. The second kappa shape index (κ2) is 3.82. The van der Waals surface area contributed by atoms with Crippen LogP contribution in [0, 0.1) is 4.77 Å². The van der Waals surface area contributed by atoms with Crippen molar-refractivity contribution in [1.29, 1.82) is 0 Å². The summed E-state index contributed by atoms with van der Waals surface area (Å²) in [5.74, 6) is -0.0145. The molecule has 2 aromatic rings. The number of nitrogens with zero attached hydrogens (tertiary/aromatic N) is 1. The molecule has 0 saturated carbocycles. The normalized spacial score (nSPS) is 12.6. The van der Waals surface area contributed by atoms with E-state index in [1.165, 1.54) is 0 Å². The van der Waals surface area contributed by atoms with Gasteiger partial charge in [0.1, 0.15) is 0 Å². The minimum Gasteiger partial charge on any atom is -0.338 e. The Morgan fingerprint density at radius 1 is 1.47 bits per heavy atom. The third-order valence-corrected chi connectivity index (χ3v) is 2.55. The Morgan fingerprint density at radius 2 is 2.27 bits per heavy atom. The van der Waals surface area contributed by atoms with Crippen LogP contribution < -0.4 is 5.56 Å². The molecule has 15 heavy (non-hydrogen) atoms. The number of aromatic amines is 3. The van der Waals surface area contributed by atoms with Crippen molar-refractivity contribution in [2.45, 2.75) is 12.8 Å². The van der Waals surface area contributed by atoms with Gasteiger partial charge in [0.15, 0.2) is 4.77 Å². The predicted molar refractivity (Wildman–Crippen MR) is 58.4 cm³/mol.